The third-order valence-corrected chi connectivity index (χ3v) is 2.16. The Hall–Kier alpha value is -0.570. The number of aliphatic carboxylic acids is 1. The molecule has 1 fully saturated rings. The minimum atomic E-state index is -0.636. The van der Waals surface area contributed by atoms with E-state index in [1.165, 1.54) is 0 Å². The van der Waals surface area contributed by atoms with Crippen LogP contribution in [-0.2, 0) is 4.79 Å². The van der Waals surface area contributed by atoms with Crippen LogP contribution >= 0.6 is 0 Å². The quantitative estimate of drug-likeness (QED) is 0.658. The van der Waals surface area contributed by atoms with Crippen LogP contribution in [0.25, 0.3) is 0 Å². The van der Waals surface area contributed by atoms with E-state index >= 15 is 0 Å². The average molecular weight is 157 g/mol. The smallest absolute Gasteiger partial charge is 0.307 e. The molecule has 1 saturated heterocycles. The predicted octanol–water partition coefficient (Wildman–Crippen LogP) is 0.803. The Balaban J connectivity index is 2.29. The van der Waals surface area contributed by atoms with Gasteiger partial charge in [0.2, 0.25) is 0 Å². The molecule has 1 aliphatic rings. The maximum Gasteiger partial charge on any atom is 0.307 e. The highest BCUT2D eigenvalue weighted by molar-refractivity contribution is 5.70. The van der Waals surface area contributed by atoms with Crippen molar-refractivity contribution in [3.8, 4) is 0 Å². The first kappa shape index (κ1) is 8.53. The molecule has 0 aromatic carbocycles. The summed E-state index contributed by atoms with van der Waals surface area (Å²) in [7, 11) is 0. The van der Waals surface area contributed by atoms with Crippen LogP contribution in [0.1, 0.15) is 19.8 Å². The number of likely N-dealkylation sites (tertiary alicyclic amines) is 1. The molecule has 0 saturated carbocycles. The van der Waals surface area contributed by atoms with Crippen molar-refractivity contribution in [3.05, 3.63) is 0 Å². The second kappa shape index (κ2) is 3.72. The summed E-state index contributed by atoms with van der Waals surface area (Å²) in [4.78, 5) is 12.7. The number of hydrogen-bond acceptors (Lipinski definition) is 2. The Morgan fingerprint density at radius 1 is 1.73 bits per heavy atom. The fourth-order valence-electron chi connectivity index (χ4n) is 1.55. The lowest BCUT2D eigenvalue weighted by atomic mass is 10.1. The van der Waals surface area contributed by atoms with E-state index in [1.54, 1.807) is 0 Å². The lowest BCUT2D eigenvalue weighted by Gasteiger charge is -2.12. The molecule has 1 heterocycles. The van der Waals surface area contributed by atoms with Gasteiger partial charge in [0.05, 0.1) is 5.92 Å². The maximum atomic E-state index is 10.5. The standard InChI is InChI=1S/C8H15NO2/c1-2-4-9-5-3-7(6-9)8(10)11/h7H,2-6H2,1H3,(H,10,11)/t7-/m0/s1. The first-order valence-corrected chi connectivity index (χ1v) is 4.19. The number of rotatable bonds is 3. The summed E-state index contributed by atoms with van der Waals surface area (Å²) < 4.78 is 0. The van der Waals surface area contributed by atoms with Crippen molar-refractivity contribution in [1.29, 1.82) is 0 Å². The monoisotopic (exact) mass is 157 g/mol. The largest absolute Gasteiger partial charge is 0.481 e. The number of carbonyl (C=O) groups is 1. The molecule has 3 heteroatoms. The van der Waals surface area contributed by atoms with Crippen molar-refractivity contribution in [1.82, 2.24) is 4.90 Å². The molecule has 0 spiro atoms. The molecule has 11 heavy (non-hydrogen) atoms. The summed E-state index contributed by atoms with van der Waals surface area (Å²) in [5, 5.41) is 8.67. The molecule has 64 valence electrons. The third kappa shape index (κ3) is 2.19. The second-order valence-corrected chi connectivity index (χ2v) is 3.12. The van der Waals surface area contributed by atoms with Crippen molar-refractivity contribution in [2.24, 2.45) is 5.92 Å². The SMILES string of the molecule is CCCN1CC[C@H](C(=O)O)C1. The Morgan fingerprint density at radius 3 is 2.91 bits per heavy atom. The van der Waals surface area contributed by atoms with Crippen LogP contribution in [0.3, 0.4) is 0 Å². The van der Waals surface area contributed by atoms with E-state index in [9.17, 15) is 4.79 Å². The van der Waals surface area contributed by atoms with Gasteiger partial charge in [-0.2, -0.15) is 0 Å². The van der Waals surface area contributed by atoms with Gasteiger partial charge in [-0.15, -0.1) is 0 Å². The zero-order valence-corrected chi connectivity index (χ0v) is 6.92. The number of nitrogens with zero attached hydrogens (tertiary/aromatic N) is 1. The zero-order valence-electron chi connectivity index (χ0n) is 6.92. The number of carboxylic acids is 1. The van der Waals surface area contributed by atoms with E-state index in [2.05, 4.69) is 11.8 Å². The molecule has 0 aromatic rings. The van der Waals surface area contributed by atoms with Gasteiger partial charge < -0.3 is 10.0 Å². The topological polar surface area (TPSA) is 40.5 Å². The van der Waals surface area contributed by atoms with Gasteiger partial charge in [-0.05, 0) is 25.9 Å². The van der Waals surface area contributed by atoms with E-state index in [1.807, 2.05) is 0 Å². The third-order valence-electron chi connectivity index (χ3n) is 2.16. The van der Waals surface area contributed by atoms with E-state index in [0.717, 1.165) is 32.5 Å². The molecular formula is C8H15NO2. The lowest BCUT2D eigenvalue weighted by molar-refractivity contribution is -0.141. The molecule has 0 aromatic heterocycles. The van der Waals surface area contributed by atoms with Crippen molar-refractivity contribution in [2.75, 3.05) is 19.6 Å². The van der Waals surface area contributed by atoms with E-state index in [0.29, 0.717) is 0 Å². The molecule has 0 amide bonds. The Morgan fingerprint density at radius 2 is 2.45 bits per heavy atom. The second-order valence-electron chi connectivity index (χ2n) is 3.12. The summed E-state index contributed by atoms with van der Waals surface area (Å²) in [6.45, 7) is 4.88. The summed E-state index contributed by atoms with van der Waals surface area (Å²) in [5.74, 6) is -0.745. The predicted molar refractivity (Wildman–Crippen MR) is 42.5 cm³/mol. The van der Waals surface area contributed by atoms with Crippen LogP contribution in [0.5, 0.6) is 0 Å². The molecule has 1 atom stereocenters. The van der Waals surface area contributed by atoms with Crippen LogP contribution < -0.4 is 0 Å². The molecular weight excluding hydrogens is 142 g/mol. The first-order chi connectivity index (χ1) is 5.24. The maximum absolute atomic E-state index is 10.5. The lowest BCUT2D eigenvalue weighted by Crippen LogP contribution is -2.23. The number of carboxylic acid groups (broad SMARTS) is 1. The Kier molecular flexibility index (Phi) is 2.88. The van der Waals surface area contributed by atoms with Crippen LogP contribution in [0, 0.1) is 5.92 Å². The van der Waals surface area contributed by atoms with Crippen LogP contribution in [0.2, 0.25) is 0 Å². The fraction of sp³-hybridized carbons (Fsp3) is 0.875. The zero-order chi connectivity index (χ0) is 8.27. The summed E-state index contributed by atoms with van der Waals surface area (Å²) in [6.07, 6.45) is 1.95. The average Bonchev–Trinajstić information content (AvgIpc) is 2.37. The summed E-state index contributed by atoms with van der Waals surface area (Å²) in [5.41, 5.74) is 0. The Labute approximate surface area is 67.0 Å². The van der Waals surface area contributed by atoms with Gasteiger partial charge in [-0.3, -0.25) is 4.79 Å². The molecule has 3 nitrogen and oxygen atoms in total. The highest BCUT2D eigenvalue weighted by Crippen LogP contribution is 2.15. The highest BCUT2D eigenvalue weighted by atomic mass is 16.4. The highest BCUT2D eigenvalue weighted by Gasteiger charge is 2.26. The van der Waals surface area contributed by atoms with Gasteiger partial charge in [-0.25, -0.2) is 0 Å². The molecule has 0 aliphatic carbocycles. The van der Waals surface area contributed by atoms with Crippen molar-refractivity contribution >= 4 is 5.97 Å². The van der Waals surface area contributed by atoms with Gasteiger partial charge >= 0.3 is 5.97 Å². The Bertz CT molecular complexity index is 147. The normalized spacial score (nSPS) is 25.7. The minimum Gasteiger partial charge on any atom is -0.481 e. The fourth-order valence-corrected chi connectivity index (χ4v) is 1.55. The molecule has 1 N–H and O–H groups in total. The van der Waals surface area contributed by atoms with Crippen LogP contribution in [-0.4, -0.2) is 35.6 Å². The van der Waals surface area contributed by atoms with Crippen LogP contribution in [0.15, 0.2) is 0 Å². The van der Waals surface area contributed by atoms with Gasteiger partial charge in [0, 0.05) is 6.54 Å². The molecule has 0 unspecified atom stereocenters. The van der Waals surface area contributed by atoms with Crippen molar-refractivity contribution in [2.45, 2.75) is 19.8 Å². The van der Waals surface area contributed by atoms with Gasteiger partial charge in [0.1, 0.15) is 0 Å². The van der Waals surface area contributed by atoms with Gasteiger partial charge in [-0.1, -0.05) is 6.92 Å². The van der Waals surface area contributed by atoms with Gasteiger partial charge in [0.15, 0.2) is 0 Å². The van der Waals surface area contributed by atoms with Crippen LogP contribution in [0.4, 0.5) is 0 Å². The molecule has 1 rings (SSSR count). The minimum absolute atomic E-state index is 0.110. The van der Waals surface area contributed by atoms with Gasteiger partial charge in [0.25, 0.3) is 0 Å². The molecule has 0 bridgehead atoms. The van der Waals surface area contributed by atoms with E-state index in [-0.39, 0.29) is 5.92 Å². The molecule has 0 radical (unpaired) electrons. The first-order valence-electron chi connectivity index (χ1n) is 4.19. The summed E-state index contributed by atoms with van der Waals surface area (Å²) >= 11 is 0. The molecule has 1 aliphatic heterocycles. The van der Waals surface area contributed by atoms with Crippen molar-refractivity contribution < 1.29 is 9.90 Å². The van der Waals surface area contributed by atoms with E-state index < -0.39 is 5.97 Å². The summed E-state index contributed by atoms with van der Waals surface area (Å²) in [6, 6.07) is 0. The van der Waals surface area contributed by atoms with Crippen molar-refractivity contribution in [3.63, 3.8) is 0 Å². The van der Waals surface area contributed by atoms with E-state index in [4.69, 9.17) is 5.11 Å². The number of hydrogen-bond donors (Lipinski definition) is 1.